The zero-order chi connectivity index (χ0) is 12.2. The van der Waals surface area contributed by atoms with E-state index >= 15 is 0 Å². The summed E-state index contributed by atoms with van der Waals surface area (Å²) in [5, 5.41) is 0. The number of hydrogen-bond donors (Lipinski definition) is 0. The average Bonchev–Trinajstić information content (AvgIpc) is 2.31. The van der Waals surface area contributed by atoms with Crippen molar-refractivity contribution >= 4 is 27.7 Å². The maximum Gasteiger partial charge on any atom is 0.174 e. The Labute approximate surface area is 108 Å². The third-order valence-electron chi connectivity index (χ3n) is 2.27. The van der Waals surface area contributed by atoms with E-state index in [0.29, 0.717) is 15.1 Å². The van der Waals surface area contributed by atoms with Gasteiger partial charge in [-0.15, -0.1) is 11.8 Å². The first-order valence-electron chi connectivity index (χ1n) is 4.69. The topological polar surface area (TPSA) is 18.5 Å². The van der Waals surface area contributed by atoms with Gasteiger partial charge < -0.3 is 9.47 Å². The van der Waals surface area contributed by atoms with E-state index in [0.717, 1.165) is 0 Å². The molecule has 0 saturated carbocycles. The van der Waals surface area contributed by atoms with E-state index in [1.165, 1.54) is 11.8 Å². The molecule has 0 aliphatic heterocycles. The van der Waals surface area contributed by atoms with Gasteiger partial charge in [0.2, 0.25) is 0 Å². The van der Waals surface area contributed by atoms with Crippen LogP contribution in [0.1, 0.15) is 6.92 Å². The van der Waals surface area contributed by atoms with Crippen molar-refractivity contribution in [2.24, 2.45) is 0 Å². The Morgan fingerprint density at radius 3 is 2.56 bits per heavy atom. The molecule has 0 unspecified atom stereocenters. The van der Waals surface area contributed by atoms with Crippen LogP contribution in [0.3, 0.4) is 0 Å². The Hall–Kier alpha value is -0.100. The Balaban J connectivity index is 2.71. The molecule has 0 aliphatic carbocycles. The van der Waals surface area contributed by atoms with Crippen molar-refractivity contribution in [2.75, 3.05) is 20.0 Å². The molecule has 0 bridgehead atoms. The van der Waals surface area contributed by atoms with E-state index in [2.05, 4.69) is 15.9 Å². The summed E-state index contributed by atoms with van der Waals surface area (Å²) < 4.78 is 24.5. The van der Waals surface area contributed by atoms with E-state index in [1.54, 1.807) is 32.4 Å². The first-order chi connectivity index (χ1) is 7.52. The van der Waals surface area contributed by atoms with Gasteiger partial charge in [-0.25, -0.2) is 4.39 Å². The molecule has 0 radical (unpaired) electrons. The number of halogens is 2. The molecule has 0 aliphatic rings. The van der Waals surface area contributed by atoms with Gasteiger partial charge in [-0.3, -0.25) is 0 Å². The molecule has 2 nitrogen and oxygen atoms in total. The van der Waals surface area contributed by atoms with Crippen LogP contribution >= 0.6 is 27.7 Å². The smallest absolute Gasteiger partial charge is 0.174 e. The molecule has 1 rings (SSSR count). The standard InChI is InChI=1S/C11H14BrFO2S/c1-11(14-2,15-3)7-16-9-6-4-5-8(12)10(9)13/h4-6H,7H2,1-3H3. The number of ether oxygens (including phenoxy) is 2. The molecule has 0 atom stereocenters. The fourth-order valence-electron chi connectivity index (χ4n) is 1.01. The van der Waals surface area contributed by atoms with Gasteiger partial charge in [0, 0.05) is 19.1 Å². The molecule has 0 saturated heterocycles. The summed E-state index contributed by atoms with van der Waals surface area (Å²) >= 11 is 4.51. The molecule has 16 heavy (non-hydrogen) atoms. The van der Waals surface area contributed by atoms with E-state index < -0.39 is 5.79 Å². The van der Waals surface area contributed by atoms with Gasteiger partial charge in [0.25, 0.3) is 0 Å². The Morgan fingerprint density at radius 2 is 2.00 bits per heavy atom. The van der Waals surface area contributed by atoms with E-state index in [-0.39, 0.29) is 5.82 Å². The SMILES string of the molecule is COC(C)(CSc1cccc(Br)c1F)OC. The van der Waals surface area contributed by atoms with E-state index in [9.17, 15) is 4.39 Å². The monoisotopic (exact) mass is 308 g/mol. The third kappa shape index (κ3) is 3.45. The average molecular weight is 309 g/mol. The number of rotatable bonds is 5. The Kier molecular flexibility index (Phi) is 5.24. The minimum Gasteiger partial charge on any atom is -0.353 e. The second-order valence-electron chi connectivity index (χ2n) is 3.38. The van der Waals surface area contributed by atoms with Gasteiger partial charge >= 0.3 is 0 Å². The highest BCUT2D eigenvalue weighted by molar-refractivity contribution is 9.10. The van der Waals surface area contributed by atoms with Crippen LogP contribution in [-0.2, 0) is 9.47 Å². The van der Waals surface area contributed by atoms with Gasteiger partial charge in [0.05, 0.1) is 10.2 Å². The largest absolute Gasteiger partial charge is 0.353 e. The normalized spacial score (nSPS) is 11.8. The molecule has 5 heteroatoms. The van der Waals surface area contributed by atoms with Crippen molar-refractivity contribution in [3.05, 3.63) is 28.5 Å². The zero-order valence-electron chi connectivity index (χ0n) is 9.42. The van der Waals surface area contributed by atoms with Gasteiger partial charge in [0.1, 0.15) is 0 Å². The lowest BCUT2D eigenvalue weighted by molar-refractivity contribution is -0.175. The lowest BCUT2D eigenvalue weighted by Crippen LogP contribution is -2.32. The second-order valence-corrected chi connectivity index (χ2v) is 5.25. The van der Waals surface area contributed by atoms with Crippen LogP contribution in [0.2, 0.25) is 0 Å². The lowest BCUT2D eigenvalue weighted by atomic mass is 10.3. The Morgan fingerprint density at radius 1 is 1.38 bits per heavy atom. The number of thioether (sulfide) groups is 1. The molecule has 90 valence electrons. The first kappa shape index (κ1) is 14.0. The summed E-state index contributed by atoms with van der Waals surface area (Å²) in [5.41, 5.74) is 0. The minimum absolute atomic E-state index is 0.248. The van der Waals surface area contributed by atoms with Crippen molar-refractivity contribution in [3.63, 3.8) is 0 Å². The second kappa shape index (κ2) is 6.00. The molecule has 0 spiro atoms. The van der Waals surface area contributed by atoms with Crippen LogP contribution in [0.4, 0.5) is 4.39 Å². The summed E-state index contributed by atoms with van der Waals surface area (Å²) in [6.07, 6.45) is 0. The van der Waals surface area contributed by atoms with Gasteiger partial charge in [-0.05, 0) is 35.0 Å². The highest BCUT2D eigenvalue weighted by atomic mass is 79.9. The molecular formula is C11H14BrFO2S. The molecule has 0 aromatic heterocycles. The molecule has 1 aromatic carbocycles. The molecular weight excluding hydrogens is 295 g/mol. The van der Waals surface area contributed by atoms with E-state index in [4.69, 9.17) is 9.47 Å². The van der Waals surface area contributed by atoms with Crippen molar-refractivity contribution in [1.29, 1.82) is 0 Å². The predicted octanol–water partition coefficient (Wildman–Crippen LogP) is 3.69. The molecule has 1 aromatic rings. The van der Waals surface area contributed by atoms with Crippen LogP contribution in [0.15, 0.2) is 27.6 Å². The van der Waals surface area contributed by atoms with Gasteiger partial charge in [0.15, 0.2) is 11.6 Å². The number of benzene rings is 1. The van der Waals surface area contributed by atoms with Crippen LogP contribution < -0.4 is 0 Å². The summed E-state index contributed by atoms with van der Waals surface area (Å²) in [5.74, 6) is -0.422. The highest BCUT2D eigenvalue weighted by Crippen LogP contribution is 2.30. The fraction of sp³-hybridized carbons (Fsp3) is 0.455. The van der Waals surface area contributed by atoms with Crippen molar-refractivity contribution in [1.82, 2.24) is 0 Å². The maximum absolute atomic E-state index is 13.6. The summed E-state index contributed by atoms with van der Waals surface area (Å²) in [6.45, 7) is 1.82. The molecule has 0 fully saturated rings. The summed E-state index contributed by atoms with van der Waals surface area (Å²) in [7, 11) is 3.14. The quantitative estimate of drug-likeness (QED) is 0.610. The molecule has 0 N–H and O–H groups in total. The predicted molar refractivity (Wildman–Crippen MR) is 67.2 cm³/mol. The van der Waals surface area contributed by atoms with Gasteiger partial charge in [-0.1, -0.05) is 6.07 Å². The lowest BCUT2D eigenvalue weighted by Gasteiger charge is -2.25. The summed E-state index contributed by atoms with van der Waals surface area (Å²) in [6, 6.07) is 5.20. The van der Waals surface area contributed by atoms with Crippen molar-refractivity contribution in [2.45, 2.75) is 17.6 Å². The van der Waals surface area contributed by atoms with Gasteiger partial charge in [-0.2, -0.15) is 0 Å². The van der Waals surface area contributed by atoms with Crippen molar-refractivity contribution in [3.8, 4) is 0 Å². The number of hydrogen-bond acceptors (Lipinski definition) is 3. The van der Waals surface area contributed by atoms with Crippen LogP contribution in [0.25, 0.3) is 0 Å². The van der Waals surface area contributed by atoms with Crippen LogP contribution in [0, 0.1) is 5.82 Å². The fourth-order valence-corrected chi connectivity index (χ4v) is 2.57. The molecule has 0 amide bonds. The van der Waals surface area contributed by atoms with Crippen molar-refractivity contribution < 1.29 is 13.9 Å². The van der Waals surface area contributed by atoms with E-state index in [1.807, 2.05) is 6.92 Å². The minimum atomic E-state index is -0.695. The van der Waals surface area contributed by atoms with Crippen LogP contribution in [-0.4, -0.2) is 25.8 Å². The maximum atomic E-state index is 13.6. The highest BCUT2D eigenvalue weighted by Gasteiger charge is 2.23. The van der Waals surface area contributed by atoms with Crippen LogP contribution in [0.5, 0.6) is 0 Å². The number of methoxy groups -OCH3 is 2. The molecule has 0 heterocycles. The zero-order valence-corrected chi connectivity index (χ0v) is 11.8. The summed E-state index contributed by atoms with van der Waals surface area (Å²) in [4.78, 5) is 0.578. The third-order valence-corrected chi connectivity index (χ3v) is 4.18. The first-order valence-corrected chi connectivity index (χ1v) is 6.47. The Bertz CT molecular complexity index is 356.